The number of hydrogen-bond acceptors (Lipinski definition) is 7. The average Bonchev–Trinajstić information content (AvgIpc) is 2.75. The van der Waals surface area contributed by atoms with Gasteiger partial charge in [0.2, 0.25) is 29.5 Å². The van der Waals surface area contributed by atoms with Gasteiger partial charge in [0.1, 0.15) is 18.1 Å². The molecule has 0 saturated heterocycles. The Kier molecular flexibility index (Phi) is 11.5. The first kappa shape index (κ1) is 27.5. The maximum absolute atomic E-state index is 12.7. The normalized spacial score (nSPS) is 14.3. The van der Waals surface area contributed by atoms with Crippen LogP contribution in [0.25, 0.3) is 0 Å². The molecular formula is C21H31N6O6. The lowest BCUT2D eigenvalue weighted by Crippen LogP contribution is -2.57. The van der Waals surface area contributed by atoms with Gasteiger partial charge in [-0.25, -0.2) is 0 Å². The van der Waals surface area contributed by atoms with Gasteiger partial charge < -0.3 is 38.3 Å². The molecule has 0 aliphatic heterocycles. The molecule has 1 aromatic rings. The predicted molar refractivity (Wildman–Crippen MR) is 119 cm³/mol. The Morgan fingerprint density at radius 3 is 2.00 bits per heavy atom. The van der Waals surface area contributed by atoms with Crippen LogP contribution in [0.1, 0.15) is 24.8 Å². The van der Waals surface area contributed by atoms with Crippen molar-refractivity contribution in [2.45, 2.75) is 49.9 Å². The van der Waals surface area contributed by atoms with Gasteiger partial charge in [-0.3, -0.25) is 24.0 Å². The number of carbonyl (C=O) groups is 5. The van der Waals surface area contributed by atoms with Crippen LogP contribution >= 0.6 is 0 Å². The van der Waals surface area contributed by atoms with Gasteiger partial charge in [-0.1, -0.05) is 30.3 Å². The van der Waals surface area contributed by atoms with Crippen molar-refractivity contribution in [3.8, 4) is 0 Å². The van der Waals surface area contributed by atoms with Crippen LogP contribution in [0.4, 0.5) is 0 Å². The van der Waals surface area contributed by atoms with Crippen LogP contribution in [-0.2, 0) is 30.4 Å². The summed E-state index contributed by atoms with van der Waals surface area (Å²) in [5.41, 5.74) is 16.7. The molecule has 1 aromatic carbocycles. The van der Waals surface area contributed by atoms with Crippen LogP contribution in [0.5, 0.6) is 0 Å². The summed E-state index contributed by atoms with van der Waals surface area (Å²) in [5.74, 6) is -3.98. The van der Waals surface area contributed by atoms with Crippen molar-refractivity contribution in [2.24, 2.45) is 17.2 Å². The number of rotatable bonds is 14. The highest BCUT2D eigenvalue weighted by molar-refractivity contribution is 5.95. The second kappa shape index (κ2) is 13.8. The minimum absolute atomic E-state index is 0.193. The van der Waals surface area contributed by atoms with Crippen molar-refractivity contribution in [1.82, 2.24) is 16.0 Å². The van der Waals surface area contributed by atoms with Gasteiger partial charge in [0.25, 0.3) is 0 Å². The molecule has 0 aliphatic carbocycles. The number of hydrogen-bond donors (Lipinski definition) is 7. The average molecular weight is 464 g/mol. The third kappa shape index (κ3) is 10.6. The van der Waals surface area contributed by atoms with Crippen LogP contribution in [0.2, 0.25) is 0 Å². The van der Waals surface area contributed by atoms with Crippen LogP contribution in [0.15, 0.2) is 30.3 Å². The van der Waals surface area contributed by atoms with E-state index in [0.717, 1.165) is 5.56 Å². The largest absolute Gasteiger partial charge is 0.394 e. The van der Waals surface area contributed by atoms with Gasteiger partial charge >= 0.3 is 0 Å². The Labute approximate surface area is 191 Å². The highest BCUT2D eigenvalue weighted by Crippen LogP contribution is 2.05. The summed E-state index contributed by atoms with van der Waals surface area (Å²) in [4.78, 5) is 60.0. The first-order valence-electron chi connectivity index (χ1n) is 10.2. The van der Waals surface area contributed by atoms with Crippen LogP contribution in [0.3, 0.4) is 0 Å². The lowest BCUT2D eigenvalue weighted by molar-refractivity contribution is -0.134. The molecule has 5 amide bonds. The third-order valence-corrected chi connectivity index (χ3v) is 4.56. The van der Waals surface area contributed by atoms with Crippen molar-refractivity contribution in [3.63, 3.8) is 0 Å². The molecule has 0 saturated carbocycles. The van der Waals surface area contributed by atoms with E-state index in [9.17, 15) is 24.0 Å². The molecule has 1 rings (SSSR count). The van der Waals surface area contributed by atoms with Crippen LogP contribution in [0, 0.1) is 6.92 Å². The molecule has 4 atom stereocenters. The minimum Gasteiger partial charge on any atom is -0.394 e. The number of nitrogens with two attached hydrogens (primary N) is 3. The van der Waals surface area contributed by atoms with Crippen LogP contribution in [-0.4, -0.2) is 65.4 Å². The van der Waals surface area contributed by atoms with Gasteiger partial charge in [0.15, 0.2) is 0 Å². The Balaban J connectivity index is 2.88. The molecule has 0 bridgehead atoms. The van der Waals surface area contributed by atoms with Gasteiger partial charge in [-0.15, -0.1) is 0 Å². The standard InChI is InChI=1S/C21H31N6O6/c1-12(9-13-5-3-2-4-6-13)25-21(33)16(10-18(24)30)27-20(32)15(7-8-17(23)29)26-19(31)14(22)11-28/h2-6,12,14-16,28H,1,7-11,22H2,(H2,23,29)(H2,24,30)(H,25,33)(H,26,31)(H,27,32). The lowest BCUT2D eigenvalue weighted by atomic mass is 10.1. The molecule has 0 spiro atoms. The van der Waals surface area contributed by atoms with Crippen molar-refractivity contribution >= 4 is 29.5 Å². The molecular weight excluding hydrogens is 432 g/mol. The van der Waals surface area contributed by atoms with E-state index in [4.69, 9.17) is 22.3 Å². The van der Waals surface area contributed by atoms with Gasteiger partial charge in [-0.05, 0) is 25.3 Å². The molecule has 10 N–H and O–H groups in total. The topological polar surface area (TPSA) is 220 Å². The second-order valence-electron chi connectivity index (χ2n) is 7.48. The first-order valence-corrected chi connectivity index (χ1v) is 10.2. The Morgan fingerprint density at radius 2 is 1.45 bits per heavy atom. The third-order valence-electron chi connectivity index (χ3n) is 4.56. The van der Waals surface area contributed by atoms with E-state index in [0.29, 0.717) is 6.42 Å². The van der Waals surface area contributed by atoms with E-state index in [-0.39, 0.29) is 12.8 Å². The summed E-state index contributed by atoms with van der Waals surface area (Å²) in [6.45, 7) is 3.19. The summed E-state index contributed by atoms with van der Waals surface area (Å²) in [6.07, 6.45) is -0.554. The molecule has 0 fully saturated rings. The van der Waals surface area contributed by atoms with Gasteiger partial charge in [0, 0.05) is 12.5 Å². The zero-order valence-corrected chi connectivity index (χ0v) is 18.2. The van der Waals surface area contributed by atoms with E-state index < -0.39 is 66.7 Å². The summed E-state index contributed by atoms with van der Waals surface area (Å²) in [5, 5.41) is 16.3. The van der Waals surface area contributed by atoms with E-state index >= 15 is 0 Å². The zero-order valence-electron chi connectivity index (χ0n) is 18.2. The van der Waals surface area contributed by atoms with Crippen molar-refractivity contribution in [2.75, 3.05) is 6.61 Å². The molecule has 1 radical (unpaired) electrons. The summed E-state index contributed by atoms with van der Waals surface area (Å²) in [6, 6.07) is 4.71. The predicted octanol–water partition coefficient (Wildman–Crippen LogP) is -3.02. The fourth-order valence-corrected chi connectivity index (χ4v) is 2.85. The molecule has 0 heterocycles. The molecule has 4 unspecified atom stereocenters. The van der Waals surface area contributed by atoms with E-state index in [1.165, 1.54) is 0 Å². The van der Waals surface area contributed by atoms with Crippen LogP contribution < -0.4 is 33.2 Å². The van der Waals surface area contributed by atoms with Gasteiger partial charge in [-0.2, -0.15) is 0 Å². The molecule has 181 valence electrons. The lowest BCUT2D eigenvalue weighted by Gasteiger charge is -2.24. The number of amides is 5. The summed E-state index contributed by atoms with van der Waals surface area (Å²) in [7, 11) is 0. The molecule has 12 nitrogen and oxygen atoms in total. The number of aliphatic hydroxyl groups excluding tert-OH is 1. The van der Waals surface area contributed by atoms with E-state index in [1.54, 1.807) is 0 Å². The highest BCUT2D eigenvalue weighted by atomic mass is 16.3. The molecule has 0 aromatic heterocycles. The molecule has 12 heteroatoms. The summed E-state index contributed by atoms with van der Waals surface area (Å²) < 4.78 is 0. The van der Waals surface area contributed by atoms with E-state index in [1.807, 2.05) is 30.3 Å². The minimum atomic E-state index is -1.35. The molecule has 33 heavy (non-hydrogen) atoms. The van der Waals surface area contributed by atoms with Crippen molar-refractivity contribution < 1.29 is 29.1 Å². The number of aliphatic hydroxyl groups is 1. The SMILES string of the molecule is [CH2]C(Cc1ccccc1)NC(=O)C(CC(N)=O)NC(=O)C(CCC(N)=O)NC(=O)C(N)CO. The number of nitrogens with one attached hydrogen (secondary N) is 3. The number of benzene rings is 1. The Morgan fingerprint density at radius 1 is 0.879 bits per heavy atom. The maximum Gasteiger partial charge on any atom is 0.243 e. The Hall–Kier alpha value is -3.51. The maximum atomic E-state index is 12.7. The quantitative estimate of drug-likeness (QED) is 0.151. The fourth-order valence-electron chi connectivity index (χ4n) is 2.85. The monoisotopic (exact) mass is 463 g/mol. The zero-order chi connectivity index (χ0) is 25.0. The first-order chi connectivity index (χ1) is 15.5. The smallest absolute Gasteiger partial charge is 0.243 e. The summed E-state index contributed by atoms with van der Waals surface area (Å²) >= 11 is 0. The van der Waals surface area contributed by atoms with Crippen molar-refractivity contribution in [3.05, 3.63) is 42.8 Å². The number of carbonyl (C=O) groups excluding carboxylic acids is 5. The highest BCUT2D eigenvalue weighted by Gasteiger charge is 2.29. The van der Waals surface area contributed by atoms with Gasteiger partial charge in [0.05, 0.1) is 13.0 Å². The number of primary amides is 2. The second-order valence-corrected chi connectivity index (χ2v) is 7.48. The molecule has 0 aliphatic rings. The fraction of sp³-hybridized carbons (Fsp3) is 0.429. The van der Waals surface area contributed by atoms with Crippen molar-refractivity contribution in [1.29, 1.82) is 0 Å². The Bertz CT molecular complexity index is 834. The van der Waals surface area contributed by atoms with E-state index in [2.05, 4.69) is 22.9 Å².